The Bertz CT molecular complexity index is 1250. The van der Waals surface area contributed by atoms with Crippen LogP contribution in [0, 0.1) is 4.91 Å². The molecule has 2 aliphatic rings. The van der Waals surface area contributed by atoms with E-state index in [1.807, 2.05) is 0 Å². The number of aliphatic imine (C=N–C) groups is 1. The Morgan fingerprint density at radius 1 is 1.05 bits per heavy atom. The molecule has 0 saturated carbocycles. The van der Waals surface area contributed by atoms with Gasteiger partial charge in [0.2, 0.25) is 29.5 Å². The molecule has 0 aliphatic carbocycles. The smallest absolute Gasteiger partial charge is 0.272 e. The van der Waals surface area contributed by atoms with E-state index in [4.69, 9.17) is 11.5 Å². The minimum Gasteiger partial charge on any atom is -0.370 e. The van der Waals surface area contributed by atoms with Crippen LogP contribution in [0.4, 0.5) is 5.69 Å². The van der Waals surface area contributed by atoms with Gasteiger partial charge in [-0.1, -0.05) is 18.2 Å². The van der Waals surface area contributed by atoms with Crippen molar-refractivity contribution in [2.45, 2.75) is 76.5 Å². The summed E-state index contributed by atoms with van der Waals surface area (Å²) in [6, 6.07) is 3.67. The fourth-order valence-corrected chi connectivity index (χ4v) is 5.05. The number of likely N-dealkylation sites (tertiary alicyclic amines) is 2. The molecule has 0 spiro atoms. The number of benzene rings is 1. The summed E-state index contributed by atoms with van der Waals surface area (Å²) in [5.41, 5.74) is 10.9. The zero-order valence-corrected chi connectivity index (χ0v) is 24.1. The highest BCUT2D eigenvalue weighted by molar-refractivity contribution is 6.06. The Kier molecular flexibility index (Phi) is 11.3. The Morgan fingerprint density at radius 2 is 1.70 bits per heavy atom. The summed E-state index contributed by atoms with van der Waals surface area (Å²) >= 11 is 0. The maximum Gasteiger partial charge on any atom is 0.272 e. The summed E-state index contributed by atoms with van der Waals surface area (Å²) in [4.78, 5) is 94.6. The molecule has 6 N–H and O–H groups in total. The summed E-state index contributed by atoms with van der Waals surface area (Å²) in [5.74, 6) is -3.68. The van der Waals surface area contributed by atoms with Crippen molar-refractivity contribution in [3.05, 3.63) is 35.2 Å². The lowest BCUT2D eigenvalue weighted by Gasteiger charge is -2.30. The highest BCUT2D eigenvalue weighted by atomic mass is 16.3. The molecule has 232 valence electrons. The number of amides is 6. The van der Waals surface area contributed by atoms with Gasteiger partial charge in [-0.2, -0.15) is 5.01 Å². The lowest BCUT2D eigenvalue weighted by atomic mass is 10.1. The van der Waals surface area contributed by atoms with Crippen LogP contribution in [0.3, 0.4) is 0 Å². The van der Waals surface area contributed by atoms with E-state index in [1.54, 1.807) is 18.2 Å². The Hall–Kier alpha value is -4.89. The average molecular weight is 600 g/mol. The fraction of sp³-hybridized carbons (Fsp3) is 0.519. The van der Waals surface area contributed by atoms with Gasteiger partial charge in [0.1, 0.15) is 24.2 Å². The number of rotatable bonds is 13. The first-order chi connectivity index (χ1) is 20.5. The van der Waals surface area contributed by atoms with Crippen LogP contribution in [0.15, 0.2) is 40.6 Å². The number of hydrogen-bond acceptors (Lipinski definition) is 9. The number of nitrogens with two attached hydrogens (primary N) is 2. The van der Waals surface area contributed by atoms with Crippen molar-refractivity contribution in [1.82, 2.24) is 20.4 Å². The van der Waals surface area contributed by atoms with E-state index in [2.05, 4.69) is 20.9 Å². The minimum atomic E-state index is -1.19. The minimum absolute atomic E-state index is 0.0271. The van der Waals surface area contributed by atoms with Crippen LogP contribution < -0.4 is 27.1 Å². The average Bonchev–Trinajstić information content (AvgIpc) is 3.60. The monoisotopic (exact) mass is 599 g/mol. The summed E-state index contributed by atoms with van der Waals surface area (Å²) in [6.07, 6.45) is 1.20. The third-order valence-corrected chi connectivity index (χ3v) is 7.28. The van der Waals surface area contributed by atoms with Crippen molar-refractivity contribution in [2.24, 2.45) is 21.7 Å². The topological polar surface area (TPSA) is 230 Å². The molecule has 2 fully saturated rings. The number of para-hydroxylation sites is 1. The van der Waals surface area contributed by atoms with Crippen molar-refractivity contribution in [3.63, 3.8) is 0 Å². The maximum atomic E-state index is 13.4. The largest absolute Gasteiger partial charge is 0.370 e. The first kappa shape index (κ1) is 32.6. The van der Waals surface area contributed by atoms with E-state index in [9.17, 15) is 33.7 Å². The second-order valence-electron chi connectivity index (χ2n) is 10.3. The van der Waals surface area contributed by atoms with Crippen LogP contribution in [0.1, 0.15) is 52.4 Å². The first-order valence-corrected chi connectivity index (χ1v) is 14.0. The summed E-state index contributed by atoms with van der Waals surface area (Å²) in [7, 11) is 0. The first-order valence-electron chi connectivity index (χ1n) is 14.0. The molecule has 0 radical (unpaired) electrons. The molecule has 2 saturated heterocycles. The second kappa shape index (κ2) is 14.8. The molecule has 0 bridgehead atoms. The molecule has 3 rings (SSSR count). The van der Waals surface area contributed by atoms with Gasteiger partial charge in [0, 0.05) is 25.9 Å². The van der Waals surface area contributed by atoms with Crippen LogP contribution >= 0.6 is 0 Å². The van der Waals surface area contributed by atoms with E-state index in [0.29, 0.717) is 17.9 Å². The maximum absolute atomic E-state index is 13.4. The number of carbonyl (C=O) groups is 6. The number of nitrogens with zero attached hydrogens (tertiary/aromatic N) is 5. The van der Waals surface area contributed by atoms with Crippen molar-refractivity contribution in [2.75, 3.05) is 18.1 Å². The van der Waals surface area contributed by atoms with Gasteiger partial charge in [-0.3, -0.25) is 38.7 Å². The van der Waals surface area contributed by atoms with Gasteiger partial charge in [-0.15, -0.1) is 4.91 Å². The molecule has 16 nitrogen and oxygen atoms in total. The Morgan fingerprint density at radius 3 is 2.30 bits per heavy atom. The number of nitrogens with one attached hydrogen (secondary N) is 2. The lowest BCUT2D eigenvalue weighted by molar-refractivity contribution is -0.147. The zero-order chi connectivity index (χ0) is 31.7. The summed E-state index contributed by atoms with van der Waals surface area (Å²) in [6.45, 7) is 3.24. The van der Waals surface area contributed by atoms with Gasteiger partial charge in [-0.25, -0.2) is 0 Å². The lowest BCUT2D eigenvalue weighted by Crippen LogP contribution is -2.57. The molecule has 0 unspecified atom stereocenters. The van der Waals surface area contributed by atoms with Crippen LogP contribution in [-0.4, -0.2) is 88.5 Å². The highest BCUT2D eigenvalue weighted by Crippen LogP contribution is 2.21. The zero-order valence-electron chi connectivity index (χ0n) is 24.1. The molecule has 4 atom stereocenters. The van der Waals surface area contributed by atoms with Gasteiger partial charge in [0.05, 0.1) is 11.0 Å². The molecule has 43 heavy (non-hydrogen) atoms. The van der Waals surface area contributed by atoms with Crippen LogP contribution in [-0.2, 0) is 28.8 Å². The molecule has 6 amide bonds. The van der Waals surface area contributed by atoms with Crippen molar-refractivity contribution in [1.29, 1.82) is 0 Å². The number of carbonyl (C=O) groups excluding carboxylic acids is 6. The predicted octanol–water partition coefficient (Wildman–Crippen LogP) is -0.727. The van der Waals surface area contributed by atoms with E-state index in [-0.39, 0.29) is 50.4 Å². The second-order valence-corrected chi connectivity index (χ2v) is 10.3. The van der Waals surface area contributed by atoms with Gasteiger partial charge in [-0.05, 0) is 51.7 Å². The SMILES string of the molecule is C[C@H](NC(=O)[C@H](C)N1C(=O)CCC1=O)C(=O)N1CCC[C@H]1C(=O)N[C@@H](CCCN=C(N)N)C(=O)N(N=O)c1ccccc1. The number of nitroso groups, excluding NO2 is 1. The molecule has 1 aromatic carbocycles. The summed E-state index contributed by atoms with van der Waals surface area (Å²) < 4.78 is 0. The number of anilines is 1. The molecule has 0 aromatic heterocycles. The van der Waals surface area contributed by atoms with E-state index in [0.717, 1.165) is 4.90 Å². The van der Waals surface area contributed by atoms with Gasteiger partial charge < -0.3 is 27.0 Å². The van der Waals surface area contributed by atoms with Crippen LogP contribution in [0.25, 0.3) is 0 Å². The van der Waals surface area contributed by atoms with E-state index >= 15 is 0 Å². The van der Waals surface area contributed by atoms with Gasteiger partial charge in [0.25, 0.3) is 5.91 Å². The van der Waals surface area contributed by atoms with E-state index in [1.165, 1.54) is 30.9 Å². The third-order valence-electron chi connectivity index (χ3n) is 7.28. The van der Waals surface area contributed by atoms with Gasteiger partial charge >= 0.3 is 0 Å². The van der Waals surface area contributed by atoms with Crippen molar-refractivity contribution >= 4 is 47.1 Å². The van der Waals surface area contributed by atoms with Crippen LogP contribution in [0.5, 0.6) is 0 Å². The van der Waals surface area contributed by atoms with Crippen molar-refractivity contribution in [3.8, 4) is 0 Å². The molecule has 1 aromatic rings. The normalized spacial score (nSPS) is 18.4. The highest BCUT2D eigenvalue weighted by Gasteiger charge is 2.40. The molecule has 2 aliphatic heterocycles. The molecule has 16 heteroatoms. The van der Waals surface area contributed by atoms with Gasteiger partial charge in [0.15, 0.2) is 5.96 Å². The fourth-order valence-electron chi connectivity index (χ4n) is 5.05. The standard InChI is InChI=1S/C27H37N9O7/c1-16(31-23(39)17(2)35-21(37)12-13-22(35)38)25(41)34-15-7-11-20(34)24(40)32-19(10-6-14-30-27(28)29)26(42)36(33-43)18-8-4-3-5-9-18/h3-5,8-9,16-17,19-20H,6-7,10-15H2,1-2H3,(H,31,39)(H,32,40)(H4,28,29,30)/t16-,17-,19-,20-/m0/s1. The quantitative estimate of drug-likeness (QED) is 0.0558. The number of guanidine groups is 1. The Balaban J connectivity index is 1.70. The number of imide groups is 1. The Labute approximate surface area is 248 Å². The molecular weight excluding hydrogens is 562 g/mol. The number of hydrogen-bond donors (Lipinski definition) is 4. The molecular formula is C27H37N9O7. The van der Waals surface area contributed by atoms with E-state index < -0.39 is 59.6 Å². The van der Waals surface area contributed by atoms with Crippen molar-refractivity contribution < 1.29 is 28.8 Å². The third kappa shape index (κ3) is 8.11. The predicted molar refractivity (Wildman–Crippen MR) is 154 cm³/mol. The molecule has 2 heterocycles. The summed E-state index contributed by atoms with van der Waals surface area (Å²) in [5, 5.41) is 8.69. The van der Waals surface area contributed by atoms with Crippen LogP contribution in [0.2, 0.25) is 0 Å².